The average molecular weight is 211 g/mol. The molecular weight excluding hydrogens is 196 g/mol. The molecule has 0 aromatic heterocycles. The first-order valence-electron chi connectivity index (χ1n) is 3.84. The number of ether oxygens (including phenoxy) is 2. The second-order valence-corrected chi connectivity index (χ2v) is 4.16. The van der Waals surface area contributed by atoms with Crippen molar-refractivity contribution in [2.45, 2.75) is 12.5 Å². The first-order valence-corrected chi connectivity index (χ1v) is 5.45. The maximum Gasteiger partial charge on any atom is 0.264 e. The van der Waals surface area contributed by atoms with Crippen LogP contribution < -0.4 is 0 Å². The van der Waals surface area contributed by atoms with Gasteiger partial charge in [0.15, 0.2) is 0 Å². The van der Waals surface area contributed by atoms with Crippen molar-refractivity contribution in [2.75, 3.05) is 26.1 Å². The Morgan fingerprint density at radius 3 is 2.62 bits per heavy atom. The van der Waals surface area contributed by atoms with Gasteiger partial charge in [-0.25, -0.2) is 0 Å². The van der Waals surface area contributed by atoms with Gasteiger partial charge in [-0.1, -0.05) is 0 Å². The smallest absolute Gasteiger partial charge is 0.264 e. The molecule has 0 spiro atoms. The summed E-state index contributed by atoms with van der Waals surface area (Å²) in [4.78, 5) is 0. The molecule has 1 radical (unpaired) electrons. The Morgan fingerprint density at radius 1 is 1.54 bits per heavy atom. The first kappa shape index (κ1) is 12.8. The van der Waals surface area contributed by atoms with E-state index in [-0.39, 0.29) is 24.9 Å². The Balaban J connectivity index is 3.36. The van der Waals surface area contributed by atoms with Crippen molar-refractivity contribution in [1.29, 1.82) is 0 Å². The van der Waals surface area contributed by atoms with E-state index in [1.165, 1.54) is 7.11 Å². The third-order valence-corrected chi connectivity index (χ3v) is 2.06. The third kappa shape index (κ3) is 9.75. The molecule has 0 aliphatic carbocycles. The lowest BCUT2D eigenvalue weighted by Gasteiger charge is -2.10. The molecule has 0 aromatic rings. The molecular formula is C7H15O5S. The Bertz CT molecular complexity index is 211. The minimum absolute atomic E-state index is 0.247. The predicted molar refractivity (Wildman–Crippen MR) is 48.0 cm³/mol. The summed E-state index contributed by atoms with van der Waals surface area (Å²) >= 11 is 0. The topological polar surface area (TPSA) is 72.8 Å². The maximum atomic E-state index is 10.3. The van der Waals surface area contributed by atoms with Crippen molar-refractivity contribution in [1.82, 2.24) is 0 Å². The summed E-state index contributed by atoms with van der Waals surface area (Å²) in [6.07, 6.45) is -0.0411. The van der Waals surface area contributed by atoms with Crippen molar-refractivity contribution >= 4 is 10.1 Å². The summed E-state index contributed by atoms with van der Waals surface area (Å²) in [5, 5.41) is 0. The van der Waals surface area contributed by atoms with Crippen LogP contribution in [0.25, 0.3) is 0 Å². The number of methoxy groups -OCH3 is 1. The summed E-state index contributed by atoms with van der Waals surface area (Å²) in [5.74, 6) is -0.285. The fourth-order valence-corrected chi connectivity index (χ4v) is 1.21. The molecule has 0 amide bonds. The van der Waals surface area contributed by atoms with Crippen LogP contribution in [0.1, 0.15) is 6.42 Å². The molecule has 13 heavy (non-hydrogen) atoms. The molecule has 0 heterocycles. The Kier molecular flexibility index (Phi) is 6.23. The molecule has 0 rings (SSSR count). The fourth-order valence-electron chi connectivity index (χ4n) is 0.725. The third-order valence-electron chi connectivity index (χ3n) is 1.25. The fraction of sp³-hybridized carbons (Fsp3) is 0.857. The molecule has 0 saturated heterocycles. The quantitative estimate of drug-likeness (QED) is 0.478. The van der Waals surface area contributed by atoms with Crippen LogP contribution in [0.15, 0.2) is 0 Å². The minimum Gasteiger partial charge on any atom is -0.382 e. The lowest BCUT2D eigenvalue weighted by Crippen LogP contribution is -2.17. The van der Waals surface area contributed by atoms with Crippen LogP contribution in [0.5, 0.6) is 0 Å². The highest BCUT2D eigenvalue weighted by Crippen LogP contribution is 1.94. The Morgan fingerprint density at radius 2 is 2.15 bits per heavy atom. The van der Waals surface area contributed by atoms with Crippen LogP contribution in [0, 0.1) is 6.92 Å². The summed E-state index contributed by atoms with van der Waals surface area (Å²) < 4.78 is 38.7. The van der Waals surface area contributed by atoms with Crippen LogP contribution in [-0.2, 0) is 19.6 Å². The Hall–Kier alpha value is -0.170. The SMILES string of the molecule is [CH2]C(COC)OCCCS(=O)(=O)O. The molecule has 0 aromatic carbocycles. The standard InChI is InChI=1S/C7H15O5S/c1-7(6-11-2)12-4-3-5-13(8,9)10/h7H,1,3-6H2,2H3,(H,8,9,10). The van der Waals surface area contributed by atoms with Crippen LogP contribution in [0.3, 0.4) is 0 Å². The molecule has 0 saturated carbocycles. The van der Waals surface area contributed by atoms with Crippen molar-refractivity contribution in [3.05, 3.63) is 6.92 Å². The molecule has 0 fully saturated rings. The number of rotatable bonds is 7. The van der Waals surface area contributed by atoms with E-state index < -0.39 is 10.1 Å². The van der Waals surface area contributed by atoms with Gasteiger partial charge in [0.25, 0.3) is 10.1 Å². The van der Waals surface area contributed by atoms with Gasteiger partial charge in [0.2, 0.25) is 0 Å². The van der Waals surface area contributed by atoms with E-state index in [9.17, 15) is 8.42 Å². The van der Waals surface area contributed by atoms with Gasteiger partial charge in [-0.2, -0.15) is 8.42 Å². The van der Waals surface area contributed by atoms with Crippen LogP contribution in [0.2, 0.25) is 0 Å². The molecule has 79 valence electrons. The van der Waals surface area contributed by atoms with Gasteiger partial charge in [-0.05, 0) is 13.3 Å². The van der Waals surface area contributed by atoms with Crippen molar-refractivity contribution in [3.8, 4) is 0 Å². The van der Waals surface area contributed by atoms with Crippen LogP contribution in [-0.4, -0.2) is 45.2 Å². The number of hydrogen-bond acceptors (Lipinski definition) is 4. The van der Waals surface area contributed by atoms with Crippen molar-refractivity contribution in [2.24, 2.45) is 0 Å². The van der Waals surface area contributed by atoms with Gasteiger partial charge in [0, 0.05) is 13.7 Å². The highest BCUT2D eigenvalue weighted by atomic mass is 32.2. The second-order valence-electron chi connectivity index (χ2n) is 2.59. The van der Waals surface area contributed by atoms with Gasteiger partial charge in [-0.15, -0.1) is 0 Å². The molecule has 1 atom stereocenters. The zero-order chi connectivity index (χ0) is 10.3. The van der Waals surface area contributed by atoms with E-state index >= 15 is 0 Å². The normalized spacial score (nSPS) is 14.4. The molecule has 1 N–H and O–H groups in total. The van der Waals surface area contributed by atoms with Crippen LogP contribution in [0.4, 0.5) is 0 Å². The van der Waals surface area contributed by atoms with Gasteiger partial charge in [0.1, 0.15) is 0 Å². The summed E-state index contributed by atoms with van der Waals surface area (Å²) in [6.45, 7) is 4.22. The molecule has 6 heteroatoms. The minimum atomic E-state index is -3.87. The van der Waals surface area contributed by atoms with Crippen LogP contribution >= 0.6 is 0 Å². The summed E-state index contributed by atoms with van der Waals surface area (Å²) in [5.41, 5.74) is 0. The molecule has 5 nitrogen and oxygen atoms in total. The van der Waals surface area contributed by atoms with E-state index in [2.05, 4.69) is 6.92 Å². The lowest BCUT2D eigenvalue weighted by atomic mass is 10.4. The monoisotopic (exact) mass is 211 g/mol. The average Bonchev–Trinajstić information content (AvgIpc) is 1.97. The van der Waals surface area contributed by atoms with Gasteiger partial charge < -0.3 is 9.47 Å². The largest absolute Gasteiger partial charge is 0.382 e. The summed E-state index contributed by atoms with van der Waals surface area (Å²) in [7, 11) is -2.34. The molecule has 0 aliphatic heterocycles. The van der Waals surface area contributed by atoms with Crippen molar-refractivity contribution in [3.63, 3.8) is 0 Å². The molecule has 1 unspecified atom stereocenters. The predicted octanol–water partition coefficient (Wildman–Crippen LogP) is 0.130. The second kappa shape index (κ2) is 6.31. The maximum absolute atomic E-state index is 10.3. The molecule has 0 aliphatic rings. The summed E-state index contributed by atoms with van der Waals surface area (Å²) in [6, 6.07) is 0. The zero-order valence-corrected chi connectivity index (χ0v) is 8.42. The molecule has 0 bridgehead atoms. The van der Waals surface area contributed by atoms with Crippen molar-refractivity contribution < 1.29 is 22.4 Å². The highest BCUT2D eigenvalue weighted by molar-refractivity contribution is 7.85. The lowest BCUT2D eigenvalue weighted by molar-refractivity contribution is 0.0245. The van der Waals surface area contributed by atoms with E-state index in [0.717, 1.165) is 0 Å². The van der Waals surface area contributed by atoms with E-state index in [1.54, 1.807) is 0 Å². The van der Waals surface area contributed by atoms with E-state index in [4.69, 9.17) is 14.0 Å². The first-order chi connectivity index (χ1) is 5.95. The van der Waals surface area contributed by atoms with Gasteiger partial charge in [0.05, 0.1) is 18.5 Å². The Labute approximate surface area is 78.8 Å². The highest BCUT2D eigenvalue weighted by Gasteiger charge is 2.05. The number of hydrogen-bond donors (Lipinski definition) is 1. The van der Waals surface area contributed by atoms with E-state index in [0.29, 0.717) is 6.61 Å². The van der Waals surface area contributed by atoms with Gasteiger partial charge in [-0.3, -0.25) is 4.55 Å². The van der Waals surface area contributed by atoms with E-state index in [1.807, 2.05) is 0 Å². The zero-order valence-electron chi connectivity index (χ0n) is 7.60. The van der Waals surface area contributed by atoms with Gasteiger partial charge >= 0.3 is 0 Å².